The van der Waals surface area contributed by atoms with E-state index >= 15 is 0 Å². The van der Waals surface area contributed by atoms with Gasteiger partial charge < -0.3 is 29.0 Å². The van der Waals surface area contributed by atoms with Crippen LogP contribution in [0.15, 0.2) is 36.4 Å². The van der Waals surface area contributed by atoms with Crippen molar-refractivity contribution in [1.82, 2.24) is 0 Å². The summed E-state index contributed by atoms with van der Waals surface area (Å²) in [6.45, 7) is 0.849. The molecule has 1 aliphatic heterocycles. The molecule has 0 aliphatic carbocycles. The van der Waals surface area contributed by atoms with Crippen molar-refractivity contribution < 1.29 is 38.1 Å². The number of methoxy groups -OCH3 is 3. The Morgan fingerprint density at radius 1 is 0.903 bits per heavy atom. The third kappa shape index (κ3) is 5.13. The summed E-state index contributed by atoms with van der Waals surface area (Å²) in [5.41, 5.74) is 1.09. The molecule has 1 heterocycles. The van der Waals surface area contributed by atoms with Gasteiger partial charge in [0.1, 0.15) is 13.2 Å². The maximum Gasteiger partial charge on any atom is 0.337 e. The van der Waals surface area contributed by atoms with Crippen LogP contribution < -0.4 is 19.5 Å². The highest BCUT2D eigenvalue weighted by molar-refractivity contribution is 6.04. The summed E-state index contributed by atoms with van der Waals surface area (Å²) in [7, 11) is 3.95. The van der Waals surface area contributed by atoms with Gasteiger partial charge in [-0.15, -0.1) is 0 Å². The van der Waals surface area contributed by atoms with Crippen LogP contribution in [0.1, 0.15) is 26.3 Å². The van der Waals surface area contributed by atoms with Crippen LogP contribution in [0.3, 0.4) is 0 Å². The highest BCUT2D eigenvalue weighted by Gasteiger charge is 2.18. The zero-order valence-corrected chi connectivity index (χ0v) is 17.2. The van der Waals surface area contributed by atoms with Crippen LogP contribution in [0.5, 0.6) is 17.2 Å². The predicted octanol–water partition coefficient (Wildman–Crippen LogP) is 2.69. The smallest absolute Gasteiger partial charge is 0.337 e. The van der Waals surface area contributed by atoms with E-state index in [9.17, 15) is 14.4 Å². The van der Waals surface area contributed by atoms with Crippen LogP contribution in [0, 0.1) is 0 Å². The molecule has 0 atom stereocenters. The fraction of sp³-hybridized carbons (Fsp3) is 0.227. The highest BCUT2D eigenvalue weighted by Crippen LogP contribution is 2.40. The van der Waals surface area contributed by atoms with Crippen LogP contribution in [0.2, 0.25) is 0 Å². The summed E-state index contributed by atoms with van der Waals surface area (Å²) in [4.78, 5) is 36.1. The predicted molar refractivity (Wildman–Crippen MR) is 111 cm³/mol. The van der Waals surface area contributed by atoms with Crippen molar-refractivity contribution in [3.8, 4) is 17.2 Å². The van der Waals surface area contributed by atoms with E-state index in [2.05, 4.69) is 14.8 Å². The van der Waals surface area contributed by atoms with Crippen molar-refractivity contribution in [3.05, 3.63) is 53.1 Å². The monoisotopic (exact) mass is 427 g/mol. The molecule has 0 saturated carbocycles. The van der Waals surface area contributed by atoms with E-state index in [0.717, 1.165) is 0 Å². The van der Waals surface area contributed by atoms with Gasteiger partial charge in [0.15, 0.2) is 11.5 Å². The summed E-state index contributed by atoms with van der Waals surface area (Å²) < 4.78 is 25.8. The number of carbonyl (C=O) groups is 3. The normalized spacial score (nSPS) is 12.2. The van der Waals surface area contributed by atoms with E-state index in [0.29, 0.717) is 36.0 Å². The molecule has 0 saturated heterocycles. The molecule has 1 N–H and O–H groups in total. The summed E-state index contributed by atoms with van der Waals surface area (Å²) in [5.74, 6) is -0.248. The summed E-state index contributed by atoms with van der Waals surface area (Å²) in [6.07, 6.45) is 2.87. The lowest BCUT2D eigenvalue weighted by atomic mass is 10.1. The van der Waals surface area contributed by atoms with E-state index in [1.54, 1.807) is 18.2 Å². The molecular formula is C22H21NO8. The van der Waals surface area contributed by atoms with Gasteiger partial charge >= 0.3 is 11.9 Å². The van der Waals surface area contributed by atoms with E-state index in [1.807, 2.05) is 0 Å². The average molecular weight is 427 g/mol. The first-order chi connectivity index (χ1) is 14.9. The molecule has 9 nitrogen and oxygen atoms in total. The number of esters is 2. The zero-order chi connectivity index (χ0) is 22.4. The van der Waals surface area contributed by atoms with Crippen molar-refractivity contribution in [3.63, 3.8) is 0 Å². The molecule has 2 aromatic carbocycles. The van der Waals surface area contributed by atoms with Crippen LogP contribution >= 0.6 is 0 Å². The Balaban J connectivity index is 1.81. The van der Waals surface area contributed by atoms with Crippen molar-refractivity contribution in [2.45, 2.75) is 0 Å². The molecule has 2 aromatic rings. The van der Waals surface area contributed by atoms with Gasteiger partial charge in [-0.2, -0.15) is 0 Å². The van der Waals surface area contributed by atoms with Crippen molar-refractivity contribution in [2.75, 3.05) is 39.9 Å². The van der Waals surface area contributed by atoms with Gasteiger partial charge in [-0.25, -0.2) is 9.59 Å². The van der Waals surface area contributed by atoms with Crippen molar-refractivity contribution in [2.24, 2.45) is 0 Å². The minimum atomic E-state index is -0.653. The first-order valence-electron chi connectivity index (χ1n) is 9.23. The van der Waals surface area contributed by atoms with E-state index < -0.39 is 17.8 Å². The van der Waals surface area contributed by atoms with Gasteiger partial charge in [-0.05, 0) is 42.0 Å². The molecule has 0 fully saturated rings. The number of carbonyl (C=O) groups excluding carboxylic acids is 3. The molecule has 3 rings (SSSR count). The maximum absolute atomic E-state index is 12.4. The zero-order valence-electron chi connectivity index (χ0n) is 17.2. The van der Waals surface area contributed by atoms with Gasteiger partial charge in [0, 0.05) is 11.8 Å². The van der Waals surface area contributed by atoms with Gasteiger partial charge in [0.2, 0.25) is 11.7 Å². The molecule has 0 unspecified atom stereocenters. The molecular weight excluding hydrogens is 406 g/mol. The second-order valence-corrected chi connectivity index (χ2v) is 6.35. The van der Waals surface area contributed by atoms with Crippen LogP contribution in [-0.2, 0) is 14.3 Å². The number of ether oxygens (including phenoxy) is 5. The maximum atomic E-state index is 12.4. The highest BCUT2D eigenvalue weighted by atomic mass is 16.6. The topological polar surface area (TPSA) is 109 Å². The fourth-order valence-electron chi connectivity index (χ4n) is 2.92. The molecule has 9 heteroatoms. The number of hydrogen-bond donors (Lipinski definition) is 1. The molecule has 0 bridgehead atoms. The van der Waals surface area contributed by atoms with Crippen LogP contribution in [0.25, 0.3) is 6.08 Å². The summed E-state index contributed by atoms with van der Waals surface area (Å²) >= 11 is 0. The second kappa shape index (κ2) is 9.66. The molecule has 31 heavy (non-hydrogen) atoms. The quantitative estimate of drug-likeness (QED) is 0.554. The van der Waals surface area contributed by atoms with Gasteiger partial charge in [-0.1, -0.05) is 0 Å². The summed E-state index contributed by atoms with van der Waals surface area (Å²) in [6, 6.07) is 7.57. The number of nitrogens with one attached hydrogen (secondary N) is 1. The Morgan fingerprint density at radius 2 is 1.55 bits per heavy atom. The number of anilines is 1. The van der Waals surface area contributed by atoms with E-state index in [-0.39, 0.29) is 16.8 Å². The lowest BCUT2D eigenvalue weighted by Crippen LogP contribution is -2.16. The minimum absolute atomic E-state index is 0.0984. The third-order valence-electron chi connectivity index (χ3n) is 4.32. The second-order valence-electron chi connectivity index (χ2n) is 6.35. The van der Waals surface area contributed by atoms with Crippen LogP contribution in [-0.4, -0.2) is 52.4 Å². The standard InChI is InChI=1S/C22H21NO8/c1-27-17-8-13(9-18-20(17)31-7-6-30-18)4-5-19(24)23-16-11-14(21(25)28-2)10-15(12-16)22(26)29-3/h4-5,8-12H,6-7H2,1-3H3,(H,23,24)/b5-4+. The molecule has 1 aliphatic rings. The molecule has 0 spiro atoms. The van der Waals surface area contributed by atoms with Crippen molar-refractivity contribution in [1.29, 1.82) is 0 Å². The Kier molecular flexibility index (Phi) is 6.76. The Morgan fingerprint density at radius 3 is 2.16 bits per heavy atom. The SMILES string of the molecule is COC(=O)c1cc(NC(=O)/C=C/c2cc(OC)c3c(c2)OCCO3)cc(C(=O)OC)c1. The first-order valence-corrected chi connectivity index (χ1v) is 9.23. The number of hydrogen-bond acceptors (Lipinski definition) is 8. The Labute approximate surface area is 178 Å². The average Bonchev–Trinajstić information content (AvgIpc) is 2.80. The largest absolute Gasteiger partial charge is 0.493 e. The molecule has 1 amide bonds. The van der Waals surface area contributed by atoms with Gasteiger partial charge in [0.25, 0.3) is 0 Å². The summed E-state index contributed by atoms with van der Waals surface area (Å²) in [5, 5.41) is 2.61. The van der Waals surface area contributed by atoms with Crippen molar-refractivity contribution >= 4 is 29.6 Å². The Bertz CT molecular complexity index is 993. The minimum Gasteiger partial charge on any atom is -0.493 e. The van der Waals surface area contributed by atoms with E-state index in [4.69, 9.17) is 14.2 Å². The third-order valence-corrected chi connectivity index (χ3v) is 4.32. The van der Waals surface area contributed by atoms with Crippen LogP contribution in [0.4, 0.5) is 5.69 Å². The van der Waals surface area contributed by atoms with E-state index in [1.165, 1.54) is 45.6 Å². The van der Waals surface area contributed by atoms with Gasteiger partial charge in [0.05, 0.1) is 32.5 Å². The molecule has 0 aromatic heterocycles. The number of benzene rings is 2. The number of rotatable bonds is 6. The van der Waals surface area contributed by atoms with Gasteiger partial charge in [-0.3, -0.25) is 4.79 Å². The number of fused-ring (bicyclic) bond motifs is 1. The lowest BCUT2D eigenvalue weighted by molar-refractivity contribution is -0.111. The fourth-order valence-corrected chi connectivity index (χ4v) is 2.92. The molecule has 0 radical (unpaired) electrons. The Hall–Kier alpha value is -4.01. The lowest BCUT2D eigenvalue weighted by Gasteiger charge is -2.20. The molecule has 162 valence electrons. The first kappa shape index (κ1) is 21.7. The number of amides is 1.